The van der Waals surface area contributed by atoms with E-state index in [0.29, 0.717) is 23.0 Å². The van der Waals surface area contributed by atoms with E-state index in [1.165, 1.54) is 0 Å². The van der Waals surface area contributed by atoms with Crippen molar-refractivity contribution in [3.05, 3.63) is 194 Å². The fraction of sp³-hybridized carbons (Fsp3) is 0. The van der Waals surface area contributed by atoms with Gasteiger partial charge in [-0.05, 0) is 70.3 Å². The molecule has 0 aliphatic rings. The lowest BCUT2D eigenvalue weighted by Crippen LogP contribution is -2.00. The van der Waals surface area contributed by atoms with Crippen molar-refractivity contribution in [2.75, 3.05) is 0 Å². The Kier molecular flexibility index (Phi) is 9.18. The smallest absolute Gasteiger partial charge is 0.164 e. The lowest BCUT2D eigenvalue weighted by Gasteiger charge is -2.10. The predicted molar refractivity (Wildman–Crippen MR) is 221 cm³/mol. The second kappa shape index (κ2) is 15.2. The van der Waals surface area contributed by atoms with E-state index in [0.717, 1.165) is 72.8 Å². The first-order chi connectivity index (χ1) is 27.7. The van der Waals surface area contributed by atoms with Gasteiger partial charge in [-0.2, -0.15) is 5.26 Å². The summed E-state index contributed by atoms with van der Waals surface area (Å²) in [6.45, 7) is 0. The second-order valence-corrected chi connectivity index (χ2v) is 13.2. The van der Waals surface area contributed by atoms with Crippen LogP contribution in [0, 0.1) is 11.3 Å². The van der Waals surface area contributed by atoms with Crippen molar-refractivity contribution in [2.24, 2.45) is 0 Å². The van der Waals surface area contributed by atoms with Crippen molar-refractivity contribution < 1.29 is 0 Å². The number of hydrogen-bond acceptors (Lipinski definition) is 7. The Balaban J connectivity index is 0.968. The van der Waals surface area contributed by atoms with E-state index in [4.69, 9.17) is 24.9 Å². The van der Waals surface area contributed by atoms with E-state index in [-0.39, 0.29) is 0 Å². The molecule has 0 unspecified atom stereocenters. The van der Waals surface area contributed by atoms with Crippen LogP contribution in [0.25, 0.3) is 90.3 Å². The molecule has 9 rings (SSSR count). The van der Waals surface area contributed by atoms with Crippen molar-refractivity contribution in [3.8, 4) is 96.4 Å². The third kappa shape index (κ3) is 7.19. The SMILES string of the molecule is N#Cc1ccc(-c2cc(-c3ccccn3)nc(-c3ccc(-c4ccc(-c5ccc(-c6nc(-c7ccccc7)nc(-c7ccccc7)n6)cc5)cc4)cn3)c2)cc1. The summed E-state index contributed by atoms with van der Waals surface area (Å²) in [6, 6.07) is 60.5. The van der Waals surface area contributed by atoms with Gasteiger partial charge < -0.3 is 0 Å². The van der Waals surface area contributed by atoms with Gasteiger partial charge in [0.15, 0.2) is 17.5 Å². The van der Waals surface area contributed by atoms with Crippen LogP contribution < -0.4 is 0 Å². The molecule has 0 bridgehead atoms. The van der Waals surface area contributed by atoms with Crippen molar-refractivity contribution in [3.63, 3.8) is 0 Å². The highest BCUT2D eigenvalue weighted by atomic mass is 15.0. The highest BCUT2D eigenvalue weighted by Crippen LogP contribution is 2.32. The maximum absolute atomic E-state index is 9.29. The summed E-state index contributed by atoms with van der Waals surface area (Å²) in [6.07, 6.45) is 3.65. The van der Waals surface area contributed by atoms with Crippen molar-refractivity contribution in [1.29, 1.82) is 5.26 Å². The lowest BCUT2D eigenvalue weighted by atomic mass is 9.99. The second-order valence-electron chi connectivity index (χ2n) is 13.2. The molecule has 0 aliphatic carbocycles. The van der Waals surface area contributed by atoms with Crippen molar-refractivity contribution in [2.45, 2.75) is 0 Å². The van der Waals surface area contributed by atoms with Gasteiger partial charge in [-0.25, -0.2) is 19.9 Å². The van der Waals surface area contributed by atoms with Crippen LogP contribution in [0.4, 0.5) is 0 Å². The Morgan fingerprint density at radius 1 is 0.321 bits per heavy atom. The summed E-state index contributed by atoms with van der Waals surface area (Å²) in [4.78, 5) is 28.9. The molecule has 0 fully saturated rings. The first kappa shape index (κ1) is 33.9. The summed E-state index contributed by atoms with van der Waals surface area (Å²) in [5.41, 5.74) is 12.6. The normalized spacial score (nSPS) is 10.8. The van der Waals surface area contributed by atoms with E-state index >= 15 is 0 Å². The molecule has 0 N–H and O–H groups in total. The Labute approximate surface area is 324 Å². The van der Waals surface area contributed by atoms with Crippen molar-refractivity contribution in [1.82, 2.24) is 29.9 Å². The Morgan fingerprint density at radius 3 is 1.23 bits per heavy atom. The van der Waals surface area contributed by atoms with E-state index in [1.807, 2.05) is 128 Å². The standard InChI is InChI=1S/C49H31N7/c50-31-33-14-16-37(17-15-33)42-29-45(43-13-7-8-28-51-43)53-46(30-42)44-27-26-41(32-52-44)36-20-18-34(19-21-36)35-22-24-40(25-23-35)49-55-47(38-9-3-1-4-10-38)54-48(56-49)39-11-5-2-6-12-39/h1-30,32H. The van der Waals surface area contributed by atoms with Gasteiger partial charge in [-0.3, -0.25) is 9.97 Å². The summed E-state index contributed by atoms with van der Waals surface area (Å²) in [7, 11) is 0. The molecule has 0 spiro atoms. The summed E-state index contributed by atoms with van der Waals surface area (Å²) in [5, 5.41) is 9.29. The minimum absolute atomic E-state index is 0.614. The molecule has 7 nitrogen and oxygen atoms in total. The molecule has 4 aromatic heterocycles. The van der Waals surface area contributed by atoms with Gasteiger partial charge >= 0.3 is 0 Å². The third-order valence-corrected chi connectivity index (χ3v) is 9.52. The molecule has 5 aromatic carbocycles. The number of nitriles is 1. The number of hydrogen-bond donors (Lipinski definition) is 0. The number of benzene rings is 5. The first-order valence-corrected chi connectivity index (χ1v) is 18.2. The molecule has 56 heavy (non-hydrogen) atoms. The van der Waals surface area contributed by atoms with Gasteiger partial charge in [0, 0.05) is 34.6 Å². The monoisotopic (exact) mass is 717 g/mol. The van der Waals surface area contributed by atoms with E-state index in [2.05, 4.69) is 65.7 Å². The van der Waals surface area contributed by atoms with Gasteiger partial charge in [0.25, 0.3) is 0 Å². The van der Waals surface area contributed by atoms with E-state index < -0.39 is 0 Å². The van der Waals surface area contributed by atoms with Crippen LogP contribution in [0.5, 0.6) is 0 Å². The Bertz CT molecular complexity index is 2740. The molecule has 0 amide bonds. The van der Waals surface area contributed by atoms with Crippen LogP contribution >= 0.6 is 0 Å². The van der Waals surface area contributed by atoms with Crippen LogP contribution in [0.2, 0.25) is 0 Å². The first-order valence-electron chi connectivity index (χ1n) is 18.2. The predicted octanol–water partition coefficient (Wildman–Crippen LogP) is 11.3. The number of aromatic nitrogens is 6. The minimum atomic E-state index is 0.614. The average molecular weight is 718 g/mol. The zero-order chi connectivity index (χ0) is 37.7. The van der Waals surface area contributed by atoms with Crippen LogP contribution in [0.1, 0.15) is 5.56 Å². The van der Waals surface area contributed by atoms with Crippen LogP contribution in [0.15, 0.2) is 188 Å². The molecule has 0 saturated heterocycles. The van der Waals surface area contributed by atoms with Gasteiger partial charge in [-0.1, -0.05) is 133 Å². The van der Waals surface area contributed by atoms with Gasteiger partial charge in [0.1, 0.15) is 0 Å². The Morgan fingerprint density at radius 2 is 0.750 bits per heavy atom. The highest BCUT2D eigenvalue weighted by molar-refractivity contribution is 5.77. The van der Waals surface area contributed by atoms with Gasteiger partial charge in [0.2, 0.25) is 0 Å². The van der Waals surface area contributed by atoms with Crippen LogP contribution in [-0.4, -0.2) is 29.9 Å². The van der Waals surface area contributed by atoms with Gasteiger partial charge in [-0.15, -0.1) is 0 Å². The van der Waals surface area contributed by atoms with Crippen LogP contribution in [0.3, 0.4) is 0 Å². The number of rotatable bonds is 8. The molecule has 0 atom stereocenters. The fourth-order valence-electron chi connectivity index (χ4n) is 6.53. The Hall–Kier alpha value is -7.95. The lowest BCUT2D eigenvalue weighted by molar-refractivity contribution is 1.07. The molecule has 0 saturated carbocycles. The van der Waals surface area contributed by atoms with E-state index in [1.54, 1.807) is 6.20 Å². The summed E-state index contributed by atoms with van der Waals surface area (Å²) in [5.74, 6) is 1.90. The number of pyridine rings is 3. The quantitative estimate of drug-likeness (QED) is 0.154. The third-order valence-electron chi connectivity index (χ3n) is 9.52. The molecule has 4 heterocycles. The molecule has 0 radical (unpaired) electrons. The van der Waals surface area contributed by atoms with E-state index in [9.17, 15) is 5.26 Å². The maximum Gasteiger partial charge on any atom is 0.164 e. The summed E-state index contributed by atoms with van der Waals surface area (Å²) < 4.78 is 0. The molecule has 7 heteroatoms. The van der Waals surface area contributed by atoms with Gasteiger partial charge in [0.05, 0.1) is 34.4 Å². The largest absolute Gasteiger partial charge is 0.255 e. The molecular weight excluding hydrogens is 687 g/mol. The van der Waals surface area contributed by atoms with Crippen molar-refractivity contribution >= 4 is 0 Å². The fourth-order valence-corrected chi connectivity index (χ4v) is 6.53. The molecular formula is C49H31N7. The minimum Gasteiger partial charge on any atom is -0.255 e. The topological polar surface area (TPSA) is 101 Å². The maximum atomic E-state index is 9.29. The average Bonchev–Trinajstić information content (AvgIpc) is 3.30. The zero-order valence-electron chi connectivity index (χ0n) is 30.0. The summed E-state index contributed by atoms with van der Waals surface area (Å²) >= 11 is 0. The zero-order valence-corrected chi connectivity index (χ0v) is 30.0. The van der Waals surface area contributed by atoms with Crippen LogP contribution in [-0.2, 0) is 0 Å². The molecule has 262 valence electrons. The highest BCUT2D eigenvalue weighted by Gasteiger charge is 2.14. The number of nitrogens with zero attached hydrogens (tertiary/aromatic N) is 7. The molecule has 0 aliphatic heterocycles. The molecule has 9 aromatic rings.